The molecule has 1 N–H and O–H groups in total. The Bertz CT molecular complexity index is 886. The summed E-state index contributed by atoms with van der Waals surface area (Å²) >= 11 is 12.1. The normalized spacial score (nSPS) is 14.8. The van der Waals surface area contributed by atoms with Crippen molar-refractivity contribution in [1.29, 1.82) is 0 Å². The van der Waals surface area contributed by atoms with Gasteiger partial charge in [0.2, 0.25) is 5.91 Å². The quantitative estimate of drug-likeness (QED) is 0.576. The van der Waals surface area contributed by atoms with E-state index in [-0.39, 0.29) is 24.5 Å². The van der Waals surface area contributed by atoms with E-state index in [1.165, 1.54) is 0 Å². The molecule has 1 unspecified atom stereocenters. The number of hydrogen-bond donors (Lipinski definition) is 1. The van der Waals surface area contributed by atoms with E-state index in [0.717, 1.165) is 31.2 Å². The Labute approximate surface area is 193 Å². The number of nitrogens with zero attached hydrogens (tertiary/aromatic N) is 1. The summed E-state index contributed by atoms with van der Waals surface area (Å²) in [6, 6.07) is 14.3. The zero-order chi connectivity index (χ0) is 22.2. The second kappa shape index (κ2) is 11.4. The number of nitrogens with one attached hydrogen (secondary N) is 1. The maximum atomic E-state index is 13.1. The summed E-state index contributed by atoms with van der Waals surface area (Å²) in [6.07, 6.45) is 4.90. The maximum Gasteiger partial charge on any atom is 0.261 e. The molecule has 1 aliphatic rings. The van der Waals surface area contributed by atoms with Gasteiger partial charge in [-0.2, -0.15) is 0 Å². The number of halogens is 2. The van der Waals surface area contributed by atoms with E-state index in [1.807, 2.05) is 30.3 Å². The summed E-state index contributed by atoms with van der Waals surface area (Å²) in [5, 5.41) is 3.92. The molecule has 0 saturated heterocycles. The van der Waals surface area contributed by atoms with E-state index in [9.17, 15) is 9.59 Å². The first-order valence-corrected chi connectivity index (χ1v) is 11.4. The number of benzene rings is 2. The molecule has 0 heterocycles. The summed E-state index contributed by atoms with van der Waals surface area (Å²) in [6.45, 7) is 1.97. The second-order valence-electron chi connectivity index (χ2n) is 7.85. The molecule has 2 aromatic rings. The van der Waals surface area contributed by atoms with Crippen LogP contribution in [0, 0.1) is 0 Å². The van der Waals surface area contributed by atoms with E-state index >= 15 is 0 Å². The van der Waals surface area contributed by atoms with Crippen LogP contribution >= 0.6 is 23.2 Å². The molecule has 1 fully saturated rings. The summed E-state index contributed by atoms with van der Waals surface area (Å²) in [4.78, 5) is 27.5. The minimum absolute atomic E-state index is 0.127. The molecule has 7 heteroatoms. The van der Waals surface area contributed by atoms with Crippen molar-refractivity contribution in [3.63, 3.8) is 0 Å². The molecule has 0 aliphatic heterocycles. The zero-order valence-corrected chi connectivity index (χ0v) is 19.2. The first-order valence-electron chi connectivity index (χ1n) is 10.7. The Balaban J connectivity index is 1.66. The van der Waals surface area contributed by atoms with Gasteiger partial charge in [-0.1, -0.05) is 66.4 Å². The van der Waals surface area contributed by atoms with Crippen molar-refractivity contribution in [2.45, 2.75) is 51.1 Å². The Morgan fingerprint density at radius 3 is 2.52 bits per heavy atom. The van der Waals surface area contributed by atoms with Gasteiger partial charge in [0.05, 0.1) is 5.02 Å². The van der Waals surface area contributed by atoms with Crippen LogP contribution in [0.3, 0.4) is 0 Å². The Morgan fingerprint density at radius 2 is 1.84 bits per heavy atom. The predicted octanol–water partition coefficient (Wildman–Crippen LogP) is 4.89. The third-order valence-corrected chi connectivity index (χ3v) is 6.13. The van der Waals surface area contributed by atoms with Gasteiger partial charge >= 0.3 is 0 Å². The average molecular weight is 463 g/mol. The molecule has 1 atom stereocenters. The van der Waals surface area contributed by atoms with Gasteiger partial charge < -0.3 is 15.0 Å². The van der Waals surface area contributed by atoms with Gasteiger partial charge in [0.1, 0.15) is 11.8 Å². The third-order valence-electron chi connectivity index (χ3n) is 5.60. The van der Waals surface area contributed by atoms with Crippen molar-refractivity contribution in [2.24, 2.45) is 0 Å². The van der Waals surface area contributed by atoms with Crippen molar-refractivity contribution in [3.05, 3.63) is 64.1 Å². The van der Waals surface area contributed by atoms with Crippen LogP contribution in [0.1, 0.15) is 38.2 Å². The maximum absolute atomic E-state index is 13.1. The summed E-state index contributed by atoms with van der Waals surface area (Å²) in [7, 11) is 0. The fourth-order valence-corrected chi connectivity index (χ4v) is 4.24. The van der Waals surface area contributed by atoms with E-state index in [1.54, 1.807) is 30.0 Å². The van der Waals surface area contributed by atoms with Crippen LogP contribution in [0.15, 0.2) is 48.5 Å². The van der Waals surface area contributed by atoms with Crippen molar-refractivity contribution in [3.8, 4) is 5.75 Å². The van der Waals surface area contributed by atoms with Crippen molar-refractivity contribution < 1.29 is 14.3 Å². The van der Waals surface area contributed by atoms with Gasteiger partial charge in [0.25, 0.3) is 5.91 Å². The van der Waals surface area contributed by atoms with Gasteiger partial charge in [-0.05, 0) is 49.9 Å². The van der Waals surface area contributed by atoms with Gasteiger partial charge in [0, 0.05) is 17.6 Å². The number of carbonyl (C=O) groups is 2. The highest BCUT2D eigenvalue weighted by atomic mass is 35.5. The average Bonchev–Trinajstić information content (AvgIpc) is 3.27. The van der Waals surface area contributed by atoms with E-state index in [0.29, 0.717) is 28.8 Å². The van der Waals surface area contributed by atoms with Crippen molar-refractivity contribution in [2.75, 3.05) is 13.2 Å². The third kappa shape index (κ3) is 6.88. The van der Waals surface area contributed by atoms with Crippen LogP contribution in [0.25, 0.3) is 0 Å². The molecule has 3 rings (SSSR count). The zero-order valence-electron chi connectivity index (χ0n) is 17.7. The van der Waals surface area contributed by atoms with E-state index in [2.05, 4.69) is 5.32 Å². The second-order valence-corrected chi connectivity index (χ2v) is 8.70. The molecule has 5 nitrogen and oxygen atoms in total. The number of ether oxygens (including phenoxy) is 1. The molecule has 0 spiro atoms. The number of amides is 2. The van der Waals surface area contributed by atoms with Crippen LogP contribution in [0.5, 0.6) is 5.75 Å². The highest BCUT2D eigenvalue weighted by molar-refractivity contribution is 6.35. The molecule has 0 radical (unpaired) electrons. The largest absolute Gasteiger partial charge is 0.482 e. The minimum atomic E-state index is -0.596. The molecule has 0 aromatic heterocycles. The summed E-state index contributed by atoms with van der Waals surface area (Å²) in [5.41, 5.74) is 1.10. The smallest absolute Gasteiger partial charge is 0.261 e. The lowest BCUT2D eigenvalue weighted by atomic mass is 10.1. The van der Waals surface area contributed by atoms with Crippen molar-refractivity contribution in [1.82, 2.24) is 10.2 Å². The lowest BCUT2D eigenvalue weighted by Gasteiger charge is -2.29. The van der Waals surface area contributed by atoms with Gasteiger partial charge in [-0.25, -0.2) is 0 Å². The molecule has 2 amide bonds. The monoisotopic (exact) mass is 462 g/mol. The SMILES string of the molecule is CC(C(=O)NC1CCCC1)N(CCc1ccccc1)C(=O)COc1ccc(Cl)cc1Cl. The Kier molecular flexibility index (Phi) is 8.61. The van der Waals surface area contributed by atoms with Gasteiger partial charge in [0.15, 0.2) is 6.61 Å². The highest BCUT2D eigenvalue weighted by Gasteiger charge is 2.28. The molecule has 166 valence electrons. The molecule has 0 bridgehead atoms. The summed E-state index contributed by atoms with van der Waals surface area (Å²) < 4.78 is 5.64. The molecular weight excluding hydrogens is 435 g/mol. The van der Waals surface area contributed by atoms with Crippen LogP contribution in [0.2, 0.25) is 10.0 Å². The van der Waals surface area contributed by atoms with Gasteiger partial charge in [-0.3, -0.25) is 9.59 Å². The summed E-state index contributed by atoms with van der Waals surface area (Å²) in [5.74, 6) is -0.0145. The van der Waals surface area contributed by atoms with Crippen LogP contribution in [-0.4, -0.2) is 41.9 Å². The topological polar surface area (TPSA) is 58.6 Å². The fourth-order valence-electron chi connectivity index (χ4n) is 3.78. The molecular formula is C24H28Cl2N2O3. The number of hydrogen-bond acceptors (Lipinski definition) is 3. The van der Waals surface area contributed by atoms with Crippen LogP contribution < -0.4 is 10.1 Å². The lowest BCUT2D eigenvalue weighted by molar-refractivity contribution is -0.141. The first-order chi connectivity index (χ1) is 14.9. The number of rotatable bonds is 9. The van der Waals surface area contributed by atoms with E-state index < -0.39 is 6.04 Å². The van der Waals surface area contributed by atoms with Crippen molar-refractivity contribution >= 4 is 35.0 Å². The highest BCUT2D eigenvalue weighted by Crippen LogP contribution is 2.27. The fraction of sp³-hybridized carbons (Fsp3) is 0.417. The molecule has 31 heavy (non-hydrogen) atoms. The molecule has 1 aliphatic carbocycles. The van der Waals surface area contributed by atoms with E-state index in [4.69, 9.17) is 27.9 Å². The predicted molar refractivity (Wildman–Crippen MR) is 124 cm³/mol. The lowest BCUT2D eigenvalue weighted by Crippen LogP contribution is -2.51. The molecule has 2 aromatic carbocycles. The van der Waals surface area contributed by atoms with Crippen LogP contribution in [-0.2, 0) is 16.0 Å². The Hall–Kier alpha value is -2.24. The Morgan fingerprint density at radius 1 is 1.13 bits per heavy atom. The standard InChI is InChI=1S/C24H28Cl2N2O3/c1-17(24(30)27-20-9-5-6-10-20)28(14-13-18-7-3-2-4-8-18)23(29)16-31-22-12-11-19(25)15-21(22)26/h2-4,7-8,11-12,15,17,20H,5-6,9-10,13-14,16H2,1H3,(H,27,30). The first kappa shape index (κ1) is 23.4. The number of carbonyl (C=O) groups excluding carboxylic acids is 2. The minimum Gasteiger partial charge on any atom is -0.482 e. The van der Waals surface area contributed by atoms with Crippen LogP contribution in [0.4, 0.5) is 0 Å². The molecule has 1 saturated carbocycles. The van der Waals surface area contributed by atoms with Gasteiger partial charge in [-0.15, -0.1) is 0 Å².